The minimum Gasteiger partial charge on any atom is -0.214 e. The molecule has 3 heteroatoms. The van der Waals surface area contributed by atoms with E-state index >= 15 is 0 Å². The largest absolute Gasteiger partial charge is 0.229 e. The second-order valence-corrected chi connectivity index (χ2v) is 1.90. The monoisotopic (exact) mass is 162 g/mol. The lowest BCUT2D eigenvalue weighted by atomic mass is 10.2. The van der Waals surface area contributed by atoms with Crippen LogP contribution in [0.2, 0.25) is 0 Å². The summed E-state index contributed by atoms with van der Waals surface area (Å²) in [6.45, 7) is 0.114. The highest BCUT2D eigenvalue weighted by molar-refractivity contribution is 5.13. The van der Waals surface area contributed by atoms with E-state index in [1.54, 1.807) is 6.07 Å². The fourth-order valence-electron chi connectivity index (χ4n) is 0.606. The van der Waals surface area contributed by atoms with E-state index in [1.807, 2.05) is 13.0 Å². The average Bonchev–Trinajstić information content (AvgIpc) is 1.88. The van der Waals surface area contributed by atoms with Crippen LogP contribution < -0.4 is 0 Å². The lowest BCUT2D eigenvalue weighted by molar-refractivity contribution is 0.295. The molecule has 0 atom stereocenters. The van der Waals surface area contributed by atoms with E-state index in [0.717, 1.165) is 5.56 Å². The Bertz CT molecular complexity index is 181. The number of benzene rings is 1. The Balaban J connectivity index is 0.000000292. The van der Waals surface area contributed by atoms with E-state index < -0.39 is 6.93 Å². The summed E-state index contributed by atoms with van der Waals surface area (Å²) in [6.07, 6.45) is 0. The summed E-state index contributed by atoms with van der Waals surface area (Å²) >= 11 is 0. The summed E-state index contributed by atoms with van der Waals surface area (Å²) in [6, 6.07) is 6.50. The summed E-state index contributed by atoms with van der Waals surface area (Å²) in [4.78, 5) is 0. The smallest absolute Gasteiger partial charge is 0.214 e. The van der Waals surface area contributed by atoms with Gasteiger partial charge in [0.15, 0.2) is 0 Å². The van der Waals surface area contributed by atoms with Crippen molar-refractivity contribution in [2.24, 2.45) is 0 Å². The Labute approximate surface area is 63.7 Å². The summed E-state index contributed by atoms with van der Waals surface area (Å²) in [7, 11) is 0. The molecule has 0 amide bonds. The number of hydrogen-bond acceptors (Lipinski definition) is 0. The van der Waals surface area contributed by atoms with E-state index in [4.69, 9.17) is 0 Å². The van der Waals surface area contributed by atoms with Gasteiger partial charge in [-0.25, -0.2) is 13.2 Å². The molecule has 0 aliphatic heterocycles. The van der Waals surface area contributed by atoms with Gasteiger partial charge in [-0.3, -0.25) is 0 Å². The highest BCUT2D eigenvalue weighted by atomic mass is 19.3. The fraction of sp³-hybridized carbons (Fsp3) is 0.250. The van der Waals surface area contributed by atoms with Crippen LogP contribution in [0.25, 0.3) is 0 Å². The molecule has 0 radical (unpaired) electrons. The zero-order valence-corrected chi connectivity index (χ0v) is 6.15. The van der Waals surface area contributed by atoms with E-state index in [0.29, 0.717) is 0 Å². The molecule has 0 N–H and O–H groups in total. The molecular formula is C8H9F3. The van der Waals surface area contributed by atoms with Crippen molar-refractivity contribution in [1.29, 1.82) is 0 Å². The van der Waals surface area contributed by atoms with Crippen molar-refractivity contribution in [2.75, 3.05) is 6.93 Å². The van der Waals surface area contributed by atoms with Gasteiger partial charge in [-0.15, -0.1) is 0 Å². The molecular weight excluding hydrogens is 153 g/mol. The predicted octanol–water partition coefficient (Wildman–Crippen LogP) is 3.02. The third kappa shape index (κ3) is 5.45. The van der Waals surface area contributed by atoms with Gasteiger partial charge in [-0.1, -0.05) is 12.1 Å². The van der Waals surface area contributed by atoms with Crippen LogP contribution in [0.4, 0.5) is 13.2 Å². The third-order valence-corrected chi connectivity index (χ3v) is 0.980. The molecule has 0 saturated carbocycles. The van der Waals surface area contributed by atoms with Crippen LogP contribution >= 0.6 is 0 Å². The normalized spacial score (nSPS) is 8.36. The first kappa shape index (κ1) is 10.0. The zero-order valence-electron chi connectivity index (χ0n) is 6.15. The molecule has 0 aliphatic rings. The van der Waals surface area contributed by atoms with Crippen LogP contribution in [0.1, 0.15) is 5.56 Å². The van der Waals surface area contributed by atoms with Gasteiger partial charge in [0.05, 0.1) is 0 Å². The molecule has 1 aromatic carbocycles. The van der Waals surface area contributed by atoms with Crippen LogP contribution in [0.3, 0.4) is 0 Å². The number of halogens is 3. The first-order valence-corrected chi connectivity index (χ1v) is 3.04. The Morgan fingerprint density at radius 1 is 1.27 bits per heavy atom. The van der Waals surface area contributed by atoms with Crippen molar-refractivity contribution in [3.05, 3.63) is 35.6 Å². The molecule has 1 aromatic rings. The molecule has 0 spiro atoms. The Morgan fingerprint density at radius 3 is 2.09 bits per heavy atom. The summed E-state index contributed by atoms with van der Waals surface area (Å²) in [5.74, 6) is -0.162. The van der Waals surface area contributed by atoms with Crippen molar-refractivity contribution in [1.82, 2.24) is 0 Å². The van der Waals surface area contributed by atoms with Gasteiger partial charge in [0.1, 0.15) is 5.82 Å². The van der Waals surface area contributed by atoms with Gasteiger partial charge in [-0.05, 0) is 24.6 Å². The van der Waals surface area contributed by atoms with Gasteiger partial charge in [0.2, 0.25) is 6.93 Å². The number of hydrogen-bond donors (Lipinski definition) is 0. The highest BCUT2D eigenvalue weighted by Gasteiger charge is 1.84. The summed E-state index contributed by atoms with van der Waals surface area (Å²) in [5, 5.41) is 0. The topological polar surface area (TPSA) is 0 Å². The van der Waals surface area contributed by atoms with Crippen molar-refractivity contribution in [2.45, 2.75) is 6.92 Å². The lowest BCUT2D eigenvalue weighted by Crippen LogP contribution is -1.72. The first-order valence-electron chi connectivity index (χ1n) is 3.04. The summed E-state index contributed by atoms with van der Waals surface area (Å²) in [5.41, 5.74) is 0.963. The van der Waals surface area contributed by atoms with Crippen LogP contribution in [0.15, 0.2) is 24.3 Å². The number of alkyl halides is 2. The maximum absolute atomic E-state index is 12.2. The molecule has 0 bridgehead atoms. The Kier molecular flexibility index (Phi) is 5.25. The van der Waals surface area contributed by atoms with Crippen LogP contribution in [0, 0.1) is 12.7 Å². The van der Waals surface area contributed by atoms with E-state index in [1.165, 1.54) is 12.1 Å². The van der Waals surface area contributed by atoms with E-state index in [9.17, 15) is 13.2 Å². The van der Waals surface area contributed by atoms with Crippen molar-refractivity contribution >= 4 is 0 Å². The zero-order chi connectivity index (χ0) is 8.69. The van der Waals surface area contributed by atoms with Gasteiger partial charge >= 0.3 is 0 Å². The van der Waals surface area contributed by atoms with Gasteiger partial charge in [0.25, 0.3) is 0 Å². The number of rotatable bonds is 0. The molecule has 0 heterocycles. The third-order valence-electron chi connectivity index (χ3n) is 0.980. The minimum absolute atomic E-state index is 0.162. The van der Waals surface area contributed by atoms with E-state index in [2.05, 4.69) is 0 Å². The summed E-state index contributed by atoms with van der Waals surface area (Å²) < 4.78 is 31.4. The Hall–Kier alpha value is -0.990. The predicted molar refractivity (Wildman–Crippen MR) is 38.2 cm³/mol. The lowest BCUT2D eigenvalue weighted by Gasteiger charge is -1.87. The molecule has 1 rings (SSSR count). The second-order valence-electron chi connectivity index (χ2n) is 1.90. The van der Waals surface area contributed by atoms with Crippen molar-refractivity contribution in [3.63, 3.8) is 0 Å². The SMILES string of the molecule is Cc1cccc(F)c1.FCF. The molecule has 0 saturated heterocycles. The molecule has 0 nitrogen and oxygen atoms in total. The average molecular weight is 162 g/mol. The van der Waals surface area contributed by atoms with Crippen molar-refractivity contribution < 1.29 is 13.2 Å². The van der Waals surface area contributed by atoms with Crippen LogP contribution in [0.5, 0.6) is 0 Å². The van der Waals surface area contributed by atoms with Crippen LogP contribution in [-0.4, -0.2) is 6.93 Å². The molecule has 0 aliphatic carbocycles. The van der Waals surface area contributed by atoms with Gasteiger partial charge < -0.3 is 0 Å². The van der Waals surface area contributed by atoms with Gasteiger partial charge in [0, 0.05) is 0 Å². The quantitative estimate of drug-likeness (QED) is 0.550. The van der Waals surface area contributed by atoms with Gasteiger partial charge in [-0.2, -0.15) is 0 Å². The fourth-order valence-corrected chi connectivity index (χ4v) is 0.606. The van der Waals surface area contributed by atoms with Crippen LogP contribution in [-0.2, 0) is 0 Å². The molecule has 0 unspecified atom stereocenters. The highest BCUT2D eigenvalue weighted by Crippen LogP contribution is 1.99. The second kappa shape index (κ2) is 5.77. The molecule has 0 aromatic heterocycles. The molecule has 62 valence electrons. The minimum atomic E-state index is -1.75. The van der Waals surface area contributed by atoms with Crippen molar-refractivity contribution in [3.8, 4) is 0 Å². The first-order chi connectivity index (χ1) is 5.20. The molecule has 11 heavy (non-hydrogen) atoms. The maximum atomic E-state index is 12.2. The number of aryl methyl sites for hydroxylation is 1. The molecule has 0 fully saturated rings. The standard InChI is InChI=1S/C7H7F.CH2F2/c1-6-3-2-4-7(8)5-6;2-1-3/h2-5H,1H3;1H2. The van der Waals surface area contributed by atoms with E-state index in [-0.39, 0.29) is 5.82 Å². The Morgan fingerprint density at radius 2 is 1.82 bits per heavy atom. The maximum Gasteiger partial charge on any atom is 0.229 e.